The summed E-state index contributed by atoms with van der Waals surface area (Å²) in [5, 5.41) is 1.22. The van der Waals surface area contributed by atoms with Crippen molar-refractivity contribution in [3.8, 4) is 5.75 Å². The number of hydrogen-bond acceptors (Lipinski definition) is 1. The summed E-state index contributed by atoms with van der Waals surface area (Å²) in [6, 6.07) is 6.00. The smallest absolute Gasteiger partial charge is 0.119 e. The Labute approximate surface area is 63.6 Å². The van der Waals surface area contributed by atoms with Crippen molar-refractivity contribution < 1.29 is 4.74 Å². The van der Waals surface area contributed by atoms with Crippen LogP contribution in [0.4, 0.5) is 0 Å². The van der Waals surface area contributed by atoms with Gasteiger partial charge < -0.3 is 4.74 Å². The first-order valence-electron chi connectivity index (χ1n) is 3.14. The Hall–Kier alpha value is -0.550. The Kier molecular flexibility index (Phi) is 2.29. The number of methoxy groups -OCH3 is 1. The summed E-state index contributed by atoms with van der Waals surface area (Å²) in [7, 11) is 4.35. The molecule has 0 aliphatic heterocycles. The van der Waals surface area contributed by atoms with Crippen molar-refractivity contribution in [2.75, 3.05) is 7.11 Å². The fraction of sp³-hybridized carbons (Fsp3) is 0.250. The third-order valence-corrected chi connectivity index (χ3v) is 2.12. The summed E-state index contributed by atoms with van der Waals surface area (Å²) in [5.74, 6) is 0.920. The molecule has 54 valence electrons. The molecule has 0 heterocycles. The molecule has 0 radical (unpaired) electrons. The van der Waals surface area contributed by atoms with E-state index in [0.29, 0.717) is 0 Å². The normalized spacial score (nSPS) is 9.50. The fourth-order valence-corrected chi connectivity index (χ4v) is 0.955. The molecule has 0 aromatic heterocycles. The Morgan fingerprint density at radius 1 is 1.40 bits per heavy atom. The van der Waals surface area contributed by atoms with E-state index in [4.69, 9.17) is 4.74 Å². The van der Waals surface area contributed by atoms with E-state index in [9.17, 15) is 0 Å². The molecule has 1 nitrogen and oxygen atoms in total. The lowest BCUT2D eigenvalue weighted by molar-refractivity contribution is 0.414. The second-order valence-corrected chi connectivity index (χ2v) is 2.84. The van der Waals surface area contributed by atoms with Crippen molar-refractivity contribution in [1.29, 1.82) is 0 Å². The van der Waals surface area contributed by atoms with Crippen LogP contribution < -0.4 is 10.0 Å². The van der Waals surface area contributed by atoms with Gasteiger partial charge in [0.25, 0.3) is 0 Å². The van der Waals surface area contributed by atoms with Gasteiger partial charge in [-0.1, -0.05) is 6.07 Å². The highest BCUT2D eigenvalue weighted by molar-refractivity contribution is 7.27. The van der Waals surface area contributed by atoms with Crippen molar-refractivity contribution in [1.82, 2.24) is 0 Å². The molecule has 1 unspecified atom stereocenters. The van der Waals surface area contributed by atoms with Gasteiger partial charge >= 0.3 is 0 Å². The number of rotatable bonds is 1. The van der Waals surface area contributed by atoms with Crippen LogP contribution in [-0.4, -0.2) is 7.11 Å². The summed E-state index contributed by atoms with van der Waals surface area (Å²) in [5.41, 5.74) is 1.24. The predicted molar refractivity (Wildman–Crippen MR) is 47.1 cm³/mol. The molecular weight excluding hydrogens is 143 g/mol. The molecule has 0 aliphatic rings. The van der Waals surface area contributed by atoms with Gasteiger partial charge in [0.2, 0.25) is 0 Å². The first-order chi connectivity index (χ1) is 4.74. The maximum atomic E-state index is 5.04. The second-order valence-electron chi connectivity index (χ2n) is 2.22. The fourth-order valence-electron chi connectivity index (χ4n) is 0.775. The molecule has 0 bridgehead atoms. The van der Waals surface area contributed by atoms with Gasteiger partial charge in [-0.3, -0.25) is 0 Å². The third kappa shape index (κ3) is 1.48. The van der Waals surface area contributed by atoms with E-state index >= 15 is 0 Å². The predicted octanol–water partition coefficient (Wildman–Crippen LogP) is 1.50. The van der Waals surface area contributed by atoms with Crippen molar-refractivity contribution in [2.45, 2.75) is 6.92 Å². The average Bonchev–Trinajstić information content (AvgIpc) is 1.95. The standard InChI is InChI=1S/C8H11OP/c1-6-5-7(9-2)3-4-8(6)10/h3-5H,10H2,1-2H3. The second kappa shape index (κ2) is 3.03. The molecule has 0 spiro atoms. The summed E-state index contributed by atoms with van der Waals surface area (Å²) in [6.07, 6.45) is 0. The number of benzene rings is 1. The number of aryl methyl sites for hydroxylation is 1. The number of hydrogen-bond donors (Lipinski definition) is 0. The summed E-state index contributed by atoms with van der Waals surface area (Å²) >= 11 is 0. The minimum Gasteiger partial charge on any atom is -0.497 e. The molecule has 1 aromatic carbocycles. The highest BCUT2D eigenvalue weighted by Gasteiger charge is 1.93. The van der Waals surface area contributed by atoms with Gasteiger partial charge in [0.05, 0.1) is 7.11 Å². The molecule has 0 amide bonds. The van der Waals surface area contributed by atoms with E-state index in [1.54, 1.807) is 7.11 Å². The van der Waals surface area contributed by atoms with Crippen molar-refractivity contribution >= 4 is 14.5 Å². The first kappa shape index (κ1) is 7.56. The maximum Gasteiger partial charge on any atom is 0.119 e. The van der Waals surface area contributed by atoms with Gasteiger partial charge in [-0.05, 0) is 29.9 Å². The Balaban J connectivity index is 3.04. The maximum absolute atomic E-state index is 5.04. The third-order valence-electron chi connectivity index (χ3n) is 1.48. The van der Waals surface area contributed by atoms with Crippen molar-refractivity contribution in [3.63, 3.8) is 0 Å². The van der Waals surface area contributed by atoms with Crippen LogP contribution in [0.3, 0.4) is 0 Å². The quantitative estimate of drug-likeness (QED) is 0.557. The van der Waals surface area contributed by atoms with E-state index in [1.807, 2.05) is 18.2 Å². The Morgan fingerprint density at radius 3 is 2.60 bits per heavy atom. The summed E-state index contributed by atoms with van der Waals surface area (Å²) < 4.78 is 5.04. The number of ether oxygens (including phenoxy) is 1. The highest BCUT2D eigenvalue weighted by Crippen LogP contribution is 2.11. The van der Waals surface area contributed by atoms with E-state index in [1.165, 1.54) is 10.9 Å². The van der Waals surface area contributed by atoms with E-state index in [2.05, 4.69) is 16.2 Å². The summed E-state index contributed by atoms with van der Waals surface area (Å²) in [4.78, 5) is 0. The SMILES string of the molecule is COc1ccc(P)c(C)c1. The molecule has 0 fully saturated rings. The molecule has 2 heteroatoms. The van der Waals surface area contributed by atoms with E-state index < -0.39 is 0 Å². The largest absolute Gasteiger partial charge is 0.497 e. The monoisotopic (exact) mass is 154 g/mol. The van der Waals surface area contributed by atoms with Crippen molar-refractivity contribution in [3.05, 3.63) is 23.8 Å². The highest BCUT2D eigenvalue weighted by atomic mass is 31.0. The summed E-state index contributed by atoms with van der Waals surface area (Å²) in [6.45, 7) is 2.06. The van der Waals surface area contributed by atoms with Crippen LogP contribution in [0.2, 0.25) is 0 Å². The minimum absolute atomic E-state index is 0.920. The van der Waals surface area contributed by atoms with Crippen LogP contribution in [-0.2, 0) is 0 Å². The zero-order chi connectivity index (χ0) is 7.56. The first-order valence-corrected chi connectivity index (χ1v) is 3.72. The Bertz CT molecular complexity index is 233. The zero-order valence-corrected chi connectivity index (χ0v) is 7.37. The van der Waals surface area contributed by atoms with Crippen LogP contribution >= 0.6 is 9.24 Å². The molecule has 0 N–H and O–H groups in total. The van der Waals surface area contributed by atoms with Gasteiger partial charge in [-0.25, -0.2) is 0 Å². The molecular formula is C8H11OP. The van der Waals surface area contributed by atoms with Gasteiger partial charge in [0.1, 0.15) is 5.75 Å². The molecule has 1 atom stereocenters. The van der Waals surface area contributed by atoms with Crippen LogP contribution in [0, 0.1) is 6.92 Å². The van der Waals surface area contributed by atoms with Gasteiger partial charge in [0, 0.05) is 0 Å². The lowest BCUT2D eigenvalue weighted by Crippen LogP contribution is -1.95. The molecule has 0 saturated carbocycles. The van der Waals surface area contributed by atoms with Gasteiger partial charge in [-0.2, -0.15) is 0 Å². The lowest BCUT2D eigenvalue weighted by atomic mass is 10.2. The lowest BCUT2D eigenvalue weighted by Gasteiger charge is -2.02. The molecule has 1 rings (SSSR count). The van der Waals surface area contributed by atoms with E-state index in [-0.39, 0.29) is 0 Å². The van der Waals surface area contributed by atoms with Crippen LogP contribution in [0.1, 0.15) is 5.56 Å². The minimum atomic E-state index is 0.920. The van der Waals surface area contributed by atoms with Crippen LogP contribution in [0.25, 0.3) is 0 Å². The van der Waals surface area contributed by atoms with Crippen LogP contribution in [0.15, 0.2) is 18.2 Å². The molecule has 0 saturated heterocycles. The molecule has 10 heavy (non-hydrogen) atoms. The van der Waals surface area contributed by atoms with Gasteiger partial charge in [0.15, 0.2) is 0 Å². The van der Waals surface area contributed by atoms with Crippen LogP contribution in [0.5, 0.6) is 5.75 Å². The Morgan fingerprint density at radius 2 is 2.10 bits per heavy atom. The van der Waals surface area contributed by atoms with Gasteiger partial charge in [-0.15, -0.1) is 9.24 Å². The zero-order valence-electron chi connectivity index (χ0n) is 6.22. The van der Waals surface area contributed by atoms with Crippen molar-refractivity contribution in [2.24, 2.45) is 0 Å². The molecule has 1 aromatic rings. The molecule has 0 aliphatic carbocycles. The average molecular weight is 154 g/mol. The topological polar surface area (TPSA) is 9.23 Å². The van der Waals surface area contributed by atoms with E-state index in [0.717, 1.165) is 5.75 Å².